The van der Waals surface area contributed by atoms with Crippen LogP contribution in [0, 0.1) is 5.82 Å². The van der Waals surface area contributed by atoms with Crippen molar-refractivity contribution < 1.29 is 18.7 Å². The fourth-order valence-corrected chi connectivity index (χ4v) is 2.52. The van der Waals surface area contributed by atoms with Crippen molar-refractivity contribution >= 4 is 28.8 Å². The molecule has 20 heavy (non-hydrogen) atoms. The van der Waals surface area contributed by atoms with E-state index in [-0.39, 0.29) is 15.7 Å². The fourth-order valence-electron chi connectivity index (χ4n) is 1.70. The monoisotopic (exact) mass is 289 g/mol. The summed E-state index contributed by atoms with van der Waals surface area (Å²) in [5.41, 5.74) is 1.29. The SMILES string of the molecule is O=C(O)c1ccc(F)c(Sc2nc3ccccc3o2)c1. The topological polar surface area (TPSA) is 63.3 Å². The first-order valence-corrected chi connectivity index (χ1v) is 6.51. The Labute approximate surface area is 117 Å². The molecule has 0 aliphatic carbocycles. The van der Waals surface area contributed by atoms with E-state index in [1.165, 1.54) is 12.1 Å². The van der Waals surface area contributed by atoms with Gasteiger partial charge < -0.3 is 9.52 Å². The Morgan fingerprint density at radius 3 is 2.80 bits per heavy atom. The van der Waals surface area contributed by atoms with Gasteiger partial charge in [-0.25, -0.2) is 14.2 Å². The number of benzene rings is 2. The van der Waals surface area contributed by atoms with Gasteiger partial charge in [0.1, 0.15) is 11.3 Å². The molecule has 0 bridgehead atoms. The maximum atomic E-state index is 13.7. The number of rotatable bonds is 3. The predicted molar refractivity (Wildman–Crippen MR) is 71.5 cm³/mol. The van der Waals surface area contributed by atoms with Gasteiger partial charge in [-0.2, -0.15) is 0 Å². The molecule has 3 aromatic rings. The number of nitrogens with zero attached hydrogens (tertiary/aromatic N) is 1. The quantitative estimate of drug-likeness (QED) is 0.794. The number of aromatic nitrogens is 1. The first-order chi connectivity index (χ1) is 9.63. The minimum atomic E-state index is -1.11. The first kappa shape index (κ1) is 12.7. The molecule has 1 aromatic heterocycles. The largest absolute Gasteiger partial charge is 0.478 e. The Balaban J connectivity index is 1.97. The van der Waals surface area contributed by atoms with Crippen molar-refractivity contribution in [1.29, 1.82) is 0 Å². The molecule has 0 amide bonds. The summed E-state index contributed by atoms with van der Waals surface area (Å²) < 4.78 is 19.2. The fraction of sp³-hybridized carbons (Fsp3) is 0. The molecular weight excluding hydrogens is 281 g/mol. The van der Waals surface area contributed by atoms with Crippen LogP contribution in [0.4, 0.5) is 4.39 Å². The zero-order valence-corrected chi connectivity index (χ0v) is 10.9. The summed E-state index contributed by atoms with van der Waals surface area (Å²) in [6.07, 6.45) is 0. The minimum Gasteiger partial charge on any atom is -0.478 e. The summed E-state index contributed by atoms with van der Waals surface area (Å²) in [5.74, 6) is -1.62. The van der Waals surface area contributed by atoms with Gasteiger partial charge in [0.2, 0.25) is 0 Å². The Bertz CT molecular complexity index is 767. The minimum absolute atomic E-state index is 0.0185. The molecule has 0 aliphatic rings. The predicted octanol–water partition coefficient (Wildman–Crippen LogP) is 3.82. The summed E-state index contributed by atoms with van der Waals surface area (Å²) in [6.45, 7) is 0. The van der Waals surface area contributed by atoms with Gasteiger partial charge in [0.05, 0.1) is 10.5 Å². The summed E-state index contributed by atoms with van der Waals surface area (Å²) in [5, 5.41) is 9.18. The molecular formula is C14H8FNO3S. The molecule has 100 valence electrons. The van der Waals surface area contributed by atoms with E-state index >= 15 is 0 Å². The van der Waals surface area contributed by atoms with E-state index in [2.05, 4.69) is 4.98 Å². The van der Waals surface area contributed by atoms with E-state index in [9.17, 15) is 9.18 Å². The highest BCUT2D eigenvalue weighted by Gasteiger charge is 2.13. The highest BCUT2D eigenvalue weighted by atomic mass is 32.2. The first-order valence-electron chi connectivity index (χ1n) is 5.70. The van der Waals surface area contributed by atoms with E-state index < -0.39 is 11.8 Å². The van der Waals surface area contributed by atoms with Gasteiger partial charge in [-0.15, -0.1) is 0 Å². The van der Waals surface area contributed by atoms with Crippen molar-refractivity contribution in [3.05, 3.63) is 53.8 Å². The highest BCUT2D eigenvalue weighted by Crippen LogP contribution is 2.32. The van der Waals surface area contributed by atoms with Gasteiger partial charge in [-0.3, -0.25) is 0 Å². The maximum absolute atomic E-state index is 13.7. The lowest BCUT2D eigenvalue weighted by atomic mass is 10.2. The van der Waals surface area contributed by atoms with Gasteiger partial charge >= 0.3 is 5.97 Å². The third-order valence-corrected chi connectivity index (χ3v) is 3.53. The lowest BCUT2D eigenvalue weighted by Crippen LogP contribution is -1.97. The summed E-state index contributed by atoms with van der Waals surface area (Å²) in [4.78, 5) is 15.3. The Kier molecular flexibility index (Phi) is 3.15. The molecule has 1 heterocycles. The van der Waals surface area contributed by atoms with Crippen LogP contribution in [-0.2, 0) is 0 Å². The van der Waals surface area contributed by atoms with Crippen LogP contribution in [0.5, 0.6) is 0 Å². The van der Waals surface area contributed by atoms with Crippen molar-refractivity contribution in [2.75, 3.05) is 0 Å². The average Bonchev–Trinajstić information content (AvgIpc) is 2.83. The normalized spacial score (nSPS) is 10.8. The molecule has 0 saturated carbocycles. The Hall–Kier alpha value is -2.34. The second-order valence-corrected chi connectivity index (χ2v) is 4.99. The summed E-state index contributed by atoms with van der Waals surface area (Å²) in [7, 11) is 0. The van der Waals surface area contributed by atoms with E-state index in [1.54, 1.807) is 12.1 Å². The van der Waals surface area contributed by atoms with Gasteiger partial charge in [0, 0.05) is 0 Å². The average molecular weight is 289 g/mol. The van der Waals surface area contributed by atoms with Crippen molar-refractivity contribution in [2.24, 2.45) is 0 Å². The molecule has 0 unspecified atom stereocenters. The Morgan fingerprint density at radius 1 is 1.25 bits per heavy atom. The molecule has 0 saturated heterocycles. The standard InChI is InChI=1S/C14H8FNO3S/c15-9-6-5-8(13(17)18)7-12(9)20-14-16-10-3-1-2-4-11(10)19-14/h1-7H,(H,17,18). The van der Waals surface area contributed by atoms with E-state index in [0.29, 0.717) is 11.1 Å². The number of oxazole rings is 1. The summed E-state index contributed by atoms with van der Waals surface area (Å²) in [6, 6.07) is 10.8. The smallest absolute Gasteiger partial charge is 0.335 e. The van der Waals surface area contributed by atoms with Crippen molar-refractivity contribution in [1.82, 2.24) is 4.98 Å². The van der Waals surface area contributed by atoms with E-state index in [0.717, 1.165) is 17.8 Å². The number of hydrogen-bond donors (Lipinski definition) is 1. The van der Waals surface area contributed by atoms with Gasteiger partial charge in [0.15, 0.2) is 5.58 Å². The molecule has 1 N–H and O–H groups in total. The lowest BCUT2D eigenvalue weighted by molar-refractivity contribution is 0.0696. The molecule has 3 rings (SSSR count). The second kappa shape index (κ2) is 4.97. The molecule has 0 aliphatic heterocycles. The van der Waals surface area contributed by atoms with Crippen molar-refractivity contribution in [2.45, 2.75) is 10.1 Å². The number of halogens is 1. The number of carboxylic acid groups (broad SMARTS) is 1. The zero-order valence-electron chi connectivity index (χ0n) is 10.0. The number of hydrogen-bond acceptors (Lipinski definition) is 4. The van der Waals surface area contributed by atoms with Crippen LogP contribution in [0.25, 0.3) is 11.1 Å². The van der Waals surface area contributed by atoms with Gasteiger partial charge in [-0.05, 0) is 42.1 Å². The number of para-hydroxylation sites is 2. The van der Waals surface area contributed by atoms with Crippen LogP contribution in [-0.4, -0.2) is 16.1 Å². The molecule has 4 nitrogen and oxygen atoms in total. The molecule has 0 spiro atoms. The highest BCUT2D eigenvalue weighted by molar-refractivity contribution is 7.99. The molecule has 0 atom stereocenters. The van der Waals surface area contributed by atoms with Gasteiger partial charge in [-0.1, -0.05) is 12.1 Å². The van der Waals surface area contributed by atoms with E-state index in [4.69, 9.17) is 9.52 Å². The molecule has 6 heteroatoms. The summed E-state index contributed by atoms with van der Waals surface area (Å²) >= 11 is 0.955. The van der Waals surface area contributed by atoms with Gasteiger partial charge in [0.25, 0.3) is 5.22 Å². The van der Waals surface area contributed by atoms with Crippen molar-refractivity contribution in [3.63, 3.8) is 0 Å². The van der Waals surface area contributed by atoms with Crippen LogP contribution in [0.15, 0.2) is 57.0 Å². The second-order valence-electron chi connectivity index (χ2n) is 4.00. The van der Waals surface area contributed by atoms with Crippen LogP contribution < -0.4 is 0 Å². The number of fused-ring (bicyclic) bond motifs is 1. The van der Waals surface area contributed by atoms with Crippen molar-refractivity contribution in [3.8, 4) is 0 Å². The Morgan fingerprint density at radius 2 is 2.05 bits per heavy atom. The molecule has 2 aromatic carbocycles. The zero-order chi connectivity index (χ0) is 14.1. The van der Waals surface area contributed by atoms with E-state index in [1.807, 2.05) is 12.1 Å². The number of carboxylic acids is 1. The third-order valence-electron chi connectivity index (χ3n) is 2.65. The lowest BCUT2D eigenvalue weighted by Gasteiger charge is -2.01. The van der Waals surface area contributed by atoms with Crippen LogP contribution in [0.3, 0.4) is 0 Å². The number of aromatic carboxylic acids is 1. The number of carbonyl (C=O) groups is 1. The third kappa shape index (κ3) is 2.37. The van der Waals surface area contributed by atoms with Crippen LogP contribution in [0.1, 0.15) is 10.4 Å². The molecule has 0 fully saturated rings. The van der Waals surface area contributed by atoms with Crippen LogP contribution >= 0.6 is 11.8 Å². The maximum Gasteiger partial charge on any atom is 0.335 e. The van der Waals surface area contributed by atoms with Crippen LogP contribution in [0.2, 0.25) is 0 Å². The molecule has 0 radical (unpaired) electrons.